The second-order valence-electron chi connectivity index (χ2n) is 5.43. The summed E-state index contributed by atoms with van der Waals surface area (Å²) in [6.45, 7) is 5.86. The van der Waals surface area contributed by atoms with Crippen LogP contribution in [-0.4, -0.2) is 12.1 Å². The Balaban J connectivity index is 1.92. The molecule has 0 saturated heterocycles. The molecule has 0 aliphatic rings. The predicted octanol–water partition coefficient (Wildman–Crippen LogP) is 3.69. The number of carbonyl (C=O) groups excluding carboxylic acids is 1. The molecule has 0 unspecified atom stereocenters. The van der Waals surface area contributed by atoms with Gasteiger partial charge < -0.3 is 9.47 Å². The zero-order valence-electron chi connectivity index (χ0n) is 13.5. The largest absolute Gasteiger partial charge is 0.479 e. The summed E-state index contributed by atoms with van der Waals surface area (Å²) in [5, 5.41) is 8.75. The Morgan fingerprint density at radius 1 is 1.17 bits per heavy atom. The lowest BCUT2D eigenvalue weighted by Gasteiger charge is -2.15. The Morgan fingerprint density at radius 3 is 2.52 bits per heavy atom. The monoisotopic (exact) mass is 309 g/mol. The molecule has 1 atom stereocenters. The van der Waals surface area contributed by atoms with Crippen LogP contribution in [0.4, 0.5) is 0 Å². The third-order valence-electron chi connectivity index (χ3n) is 3.50. The van der Waals surface area contributed by atoms with Gasteiger partial charge in [-0.2, -0.15) is 5.26 Å². The molecular formula is C19H19NO3. The molecule has 23 heavy (non-hydrogen) atoms. The molecule has 0 bridgehead atoms. The zero-order chi connectivity index (χ0) is 16.8. The first-order chi connectivity index (χ1) is 11.0. The van der Waals surface area contributed by atoms with Crippen molar-refractivity contribution < 1.29 is 14.3 Å². The summed E-state index contributed by atoms with van der Waals surface area (Å²) in [5.41, 5.74) is 3.75. The Morgan fingerprint density at radius 2 is 1.87 bits per heavy atom. The van der Waals surface area contributed by atoms with Gasteiger partial charge in [0.2, 0.25) is 0 Å². The first kappa shape index (κ1) is 16.6. The van der Waals surface area contributed by atoms with Crippen molar-refractivity contribution >= 4 is 5.97 Å². The van der Waals surface area contributed by atoms with Crippen molar-refractivity contribution in [3.05, 3.63) is 64.7 Å². The number of carbonyl (C=O) groups is 1. The molecule has 0 aromatic heterocycles. The van der Waals surface area contributed by atoms with Crippen molar-refractivity contribution in [3.8, 4) is 11.8 Å². The van der Waals surface area contributed by atoms with Crippen LogP contribution in [0.5, 0.6) is 5.75 Å². The number of hydrogen-bond donors (Lipinski definition) is 0. The third-order valence-corrected chi connectivity index (χ3v) is 3.50. The average molecular weight is 309 g/mol. The lowest BCUT2D eigenvalue weighted by molar-refractivity contribution is -0.152. The predicted molar refractivity (Wildman–Crippen MR) is 87.0 cm³/mol. The lowest BCUT2D eigenvalue weighted by atomic mass is 10.1. The number of benzene rings is 2. The standard InChI is InChI=1S/C19H19NO3/c1-13-4-5-14(2)17(10-13)12-22-19(21)15(3)23-18-8-6-16(11-20)7-9-18/h4-10,15H,12H2,1-3H3/t15-/m0/s1. The molecule has 2 rings (SSSR count). The summed E-state index contributed by atoms with van der Waals surface area (Å²) in [6, 6.07) is 14.7. The fraction of sp³-hybridized carbons (Fsp3) is 0.263. The van der Waals surface area contributed by atoms with Crippen molar-refractivity contribution in [3.63, 3.8) is 0 Å². The molecular weight excluding hydrogens is 290 g/mol. The van der Waals surface area contributed by atoms with Crippen LogP contribution in [0.15, 0.2) is 42.5 Å². The van der Waals surface area contributed by atoms with E-state index < -0.39 is 12.1 Å². The molecule has 0 aliphatic carbocycles. The highest BCUT2D eigenvalue weighted by Gasteiger charge is 2.17. The first-order valence-corrected chi connectivity index (χ1v) is 7.39. The molecule has 2 aromatic rings. The van der Waals surface area contributed by atoms with E-state index >= 15 is 0 Å². The zero-order valence-corrected chi connectivity index (χ0v) is 13.5. The highest BCUT2D eigenvalue weighted by Crippen LogP contribution is 2.15. The van der Waals surface area contributed by atoms with E-state index in [-0.39, 0.29) is 6.61 Å². The highest BCUT2D eigenvalue weighted by molar-refractivity contribution is 5.74. The normalized spacial score (nSPS) is 11.4. The van der Waals surface area contributed by atoms with Crippen molar-refractivity contribution in [2.75, 3.05) is 0 Å². The average Bonchev–Trinajstić information content (AvgIpc) is 2.56. The number of aryl methyl sites for hydroxylation is 2. The maximum absolute atomic E-state index is 12.0. The smallest absolute Gasteiger partial charge is 0.347 e. The molecule has 0 spiro atoms. The Bertz CT molecular complexity index is 729. The molecule has 2 aromatic carbocycles. The fourth-order valence-electron chi connectivity index (χ4n) is 2.08. The van der Waals surface area contributed by atoms with Gasteiger partial charge in [-0.3, -0.25) is 0 Å². The topological polar surface area (TPSA) is 59.3 Å². The van der Waals surface area contributed by atoms with Crippen molar-refractivity contribution in [2.24, 2.45) is 0 Å². The number of nitrogens with zero attached hydrogens (tertiary/aromatic N) is 1. The van der Waals surface area contributed by atoms with Gasteiger partial charge in [0.05, 0.1) is 11.6 Å². The summed E-state index contributed by atoms with van der Waals surface area (Å²) >= 11 is 0. The molecule has 0 amide bonds. The maximum atomic E-state index is 12.0. The number of nitriles is 1. The molecule has 0 aliphatic heterocycles. The van der Waals surface area contributed by atoms with Gasteiger partial charge >= 0.3 is 5.97 Å². The van der Waals surface area contributed by atoms with Gasteiger partial charge in [0.1, 0.15) is 12.4 Å². The summed E-state index contributed by atoms with van der Waals surface area (Å²) in [4.78, 5) is 12.0. The molecule has 0 fully saturated rings. The van der Waals surface area contributed by atoms with E-state index in [4.69, 9.17) is 14.7 Å². The second-order valence-corrected chi connectivity index (χ2v) is 5.43. The van der Waals surface area contributed by atoms with E-state index in [0.29, 0.717) is 11.3 Å². The third kappa shape index (κ3) is 4.58. The van der Waals surface area contributed by atoms with E-state index in [1.165, 1.54) is 0 Å². The fourth-order valence-corrected chi connectivity index (χ4v) is 2.08. The van der Waals surface area contributed by atoms with Gasteiger partial charge in [-0.25, -0.2) is 4.79 Å². The van der Waals surface area contributed by atoms with Crippen molar-refractivity contribution in [2.45, 2.75) is 33.5 Å². The summed E-state index contributed by atoms with van der Waals surface area (Å²) < 4.78 is 10.9. The van der Waals surface area contributed by atoms with Crippen LogP contribution in [0.25, 0.3) is 0 Å². The Kier molecular flexibility index (Phi) is 5.37. The van der Waals surface area contributed by atoms with Crippen LogP contribution in [0.1, 0.15) is 29.2 Å². The van der Waals surface area contributed by atoms with Gasteiger partial charge in [0, 0.05) is 0 Å². The molecule has 4 heteroatoms. The van der Waals surface area contributed by atoms with E-state index in [9.17, 15) is 4.79 Å². The number of esters is 1. The SMILES string of the molecule is Cc1ccc(C)c(COC(=O)[C@H](C)Oc2ccc(C#N)cc2)c1. The van der Waals surface area contributed by atoms with E-state index in [0.717, 1.165) is 16.7 Å². The number of ether oxygens (including phenoxy) is 2. The van der Waals surface area contributed by atoms with Gasteiger partial charge in [0.25, 0.3) is 0 Å². The van der Waals surface area contributed by atoms with Crippen LogP contribution < -0.4 is 4.74 Å². The van der Waals surface area contributed by atoms with Gasteiger partial charge in [-0.05, 0) is 56.2 Å². The minimum atomic E-state index is -0.715. The second kappa shape index (κ2) is 7.46. The van der Waals surface area contributed by atoms with Gasteiger partial charge in [-0.15, -0.1) is 0 Å². The summed E-state index contributed by atoms with van der Waals surface area (Å²) in [7, 11) is 0. The van der Waals surface area contributed by atoms with Gasteiger partial charge in [-0.1, -0.05) is 23.8 Å². The molecule has 0 radical (unpaired) electrons. The van der Waals surface area contributed by atoms with Crippen molar-refractivity contribution in [1.29, 1.82) is 5.26 Å². The van der Waals surface area contributed by atoms with Crippen LogP contribution in [0, 0.1) is 25.2 Å². The quantitative estimate of drug-likeness (QED) is 0.790. The van der Waals surface area contributed by atoms with E-state index in [2.05, 4.69) is 0 Å². The first-order valence-electron chi connectivity index (χ1n) is 7.39. The Labute approximate surface area is 136 Å². The minimum absolute atomic E-state index is 0.230. The minimum Gasteiger partial charge on any atom is -0.479 e. The molecule has 118 valence electrons. The van der Waals surface area contributed by atoms with Crippen LogP contribution in [-0.2, 0) is 16.1 Å². The molecule has 0 heterocycles. The van der Waals surface area contributed by atoms with E-state index in [1.807, 2.05) is 38.1 Å². The number of rotatable bonds is 5. The van der Waals surface area contributed by atoms with E-state index in [1.54, 1.807) is 31.2 Å². The summed E-state index contributed by atoms with van der Waals surface area (Å²) in [6.07, 6.45) is -0.715. The molecule has 0 saturated carbocycles. The summed E-state index contributed by atoms with van der Waals surface area (Å²) in [5.74, 6) is 0.107. The maximum Gasteiger partial charge on any atom is 0.347 e. The van der Waals surface area contributed by atoms with Crippen molar-refractivity contribution in [1.82, 2.24) is 0 Å². The lowest BCUT2D eigenvalue weighted by Crippen LogP contribution is -2.26. The Hall–Kier alpha value is -2.80. The number of hydrogen-bond acceptors (Lipinski definition) is 4. The highest BCUT2D eigenvalue weighted by atomic mass is 16.6. The van der Waals surface area contributed by atoms with Gasteiger partial charge in [0.15, 0.2) is 6.10 Å². The van der Waals surface area contributed by atoms with Crippen LogP contribution in [0.2, 0.25) is 0 Å². The van der Waals surface area contributed by atoms with Crippen LogP contribution in [0.3, 0.4) is 0 Å². The van der Waals surface area contributed by atoms with Crippen LogP contribution >= 0.6 is 0 Å². The molecule has 0 N–H and O–H groups in total. The molecule has 4 nitrogen and oxygen atoms in total.